The van der Waals surface area contributed by atoms with Crippen LogP contribution in [0.2, 0.25) is 0 Å². The molecule has 2 N–H and O–H groups in total. The number of rotatable bonds is 6. The molecule has 0 unspecified atom stereocenters. The third-order valence-corrected chi connectivity index (χ3v) is 2.32. The molecule has 0 bridgehead atoms. The van der Waals surface area contributed by atoms with E-state index >= 15 is 0 Å². The Balaban J connectivity index is 2.86. The number of aliphatic carboxylic acids is 1. The van der Waals surface area contributed by atoms with E-state index in [2.05, 4.69) is 10.4 Å². The van der Waals surface area contributed by atoms with Crippen molar-refractivity contribution in [3.63, 3.8) is 0 Å². The van der Waals surface area contributed by atoms with Crippen molar-refractivity contribution in [3.05, 3.63) is 28.2 Å². The molecule has 0 aliphatic rings. The molecule has 1 aromatic heterocycles. The summed E-state index contributed by atoms with van der Waals surface area (Å²) in [4.78, 5) is 33.8. The lowest BCUT2D eigenvalue weighted by Gasteiger charge is -2.10. The average Bonchev–Trinajstić information content (AvgIpc) is 2.37. The normalized spacial score (nSPS) is 11.9. The van der Waals surface area contributed by atoms with Gasteiger partial charge in [-0.1, -0.05) is 0 Å². The largest absolute Gasteiger partial charge is 0.480 e. The monoisotopic (exact) mass is 269 g/mol. The minimum atomic E-state index is -1.15. The van der Waals surface area contributed by atoms with Gasteiger partial charge in [-0.25, -0.2) is 4.68 Å². The zero-order chi connectivity index (χ0) is 14.4. The van der Waals surface area contributed by atoms with Crippen LogP contribution in [0.1, 0.15) is 17.4 Å². The molecule has 1 amide bonds. The molecule has 0 aliphatic carbocycles. The Morgan fingerprint density at radius 2 is 2.21 bits per heavy atom. The smallest absolute Gasteiger partial charge is 0.325 e. The maximum Gasteiger partial charge on any atom is 0.325 e. The van der Waals surface area contributed by atoms with E-state index in [-0.39, 0.29) is 24.4 Å². The number of carboxylic acid groups (broad SMARTS) is 1. The Bertz CT molecular complexity index is 525. The molecule has 0 fully saturated rings. The van der Waals surface area contributed by atoms with Gasteiger partial charge in [0.15, 0.2) is 0 Å². The van der Waals surface area contributed by atoms with E-state index in [9.17, 15) is 14.4 Å². The second kappa shape index (κ2) is 6.64. The highest BCUT2D eigenvalue weighted by atomic mass is 16.5. The van der Waals surface area contributed by atoms with Crippen LogP contribution in [-0.2, 0) is 16.1 Å². The van der Waals surface area contributed by atoms with Gasteiger partial charge in [-0.2, -0.15) is 5.10 Å². The maximum absolute atomic E-state index is 11.7. The Morgan fingerprint density at radius 3 is 2.79 bits per heavy atom. The molecular formula is C11H15N3O5. The zero-order valence-electron chi connectivity index (χ0n) is 10.6. The van der Waals surface area contributed by atoms with Crippen LogP contribution in [0.15, 0.2) is 16.9 Å². The van der Waals surface area contributed by atoms with Crippen LogP contribution in [-0.4, -0.2) is 46.5 Å². The highest BCUT2D eigenvalue weighted by molar-refractivity contribution is 5.94. The van der Waals surface area contributed by atoms with Gasteiger partial charge in [-0.3, -0.25) is 14.4 Å². The van der Waals surface area contributed by atoms with Gasteiger partial charge in [0.1, 0.15) is 11.7 Å². The first kappa shape index (κ1) is 14.8. The number of carbonyl (C=O) groups is 2. The summed E-state index contributed by atoms with van der Waals surface area (Å²) in [6.07, 6.45) is 0. The van der Waals surface area contributed by atoms with Crippen molar-refractivity contribution in [3.8, 4) is 0 Å². The lowest BCUT2D eigenvalue weighted by atomic mass is 10.3. The van der Waals surface area contributed by atoms with Crippen molar-refractivity contribution in [2.45, 2.75) is 19.5 Å². The molecule has 8 heteroatoms. The topological polar surface area (TPSA) is 111 Å². The summed E-state index contributed by atoms with van der Waals surface area (Å²) in [7, 11) is 1.48. The summed E-state index contributed by atoms with van der Waals surface area (Å²) < 4.78 is 5.91. The maximum atomic E-state index is 11.7. The highest BCUT2D eigenvalue weighted by Crippen LogP contribution is 1.93. The van der Waals surface area contributed by atoms with Crippen molar-refractivity contribution >= 4 is 11.9 Å². The van der Waals surface area contributed by atoms with Crippen LogP contribution >= 0.6 is 0 Å². The molecule has 1 heterocycles. The van der Waals surface area contributed by atoms with E-state index in [1.807, 2.05) is 0 Å². The van der Waals surface area contributed by atoms with E-state index in [0.29, 0.717) is 0 Å². The molecule has 0 aromatic carbocycles. The van der Waals surface area contributed by atoms with Gasteiger partial charge in [0.25, 0.3) is 11.5 Å². The molecule has 0 saturated heterocycles. The number of ether oxygens (including phenoxy) is 1. The minimum absolute atomic E-state index is 0.0243. The number of nitrogens with one attached hydrogen (secondary N) is 1. The summed E-state index contributed by atoms with van der Waals surface area (Å²) >= 11 is 0. The molecule has 1 aromatic rings. The first-order valence-electron chi connectivity index (χ1n) is 5.56. The summed E-state index contributed by atoms with van der Waals surface area (Å²) in [5.74, 6) is -1.80. The molecular weight excluding hydrogens is 254 g/mol. The molecule has 0 spiro atoms. The number of carbonyl (C=O) groups excluding carboxylic acids is 1. The first-order valence-corrected chi connectivity index (χ1v) is 5.56. The van der Waals surface area contributed by atoms with Crippen molar-refractivity contribution < 1.29 is 19.4 Å². The third-order valence-electron chi connectivity index (χ3n) is 2.32. The molecule has 104 valence electrons. The fourth-order valence-electron chi connectivity index (χ4n) is 1.24. The molecule has 0 saturated carbocycles. The Kier molecular flexibility index (Phi) is 5.19. The first-order chi connectivity index (χ1) is 8.95. The van der Waals surface area contributed by atoms with Gasteiger partial charge in [-0.15, -0.1) is 0 Å². The van der Waals surface area contributed by atoms with Crippen molar-refractivity contribution in [2.24, 2.45) is 0 Å². The number of aromatic nitrogens is 2. The number of methoxy groups -OCH3 is 1. The Hall–Kier alpha value is -2.22. The number of carboxylic acids is 1. The molecule has 0 radical (unpaired) electrons. The Labute approximate surface area is 109 Å². The van der Waals surface area contributed by atoms with E-state index in [4.69, 9.17) is 9.84 Å². The van der Waals surface area contributed by atoms with Gasteiger partial charge < -0.3 is 15.2 Å². The van der Waals surface area contributed by atoms with Crippen molar-refractivity contribution in [2.75, 3.05) is 13.7 Å². The lowest BCUT2D eigenvalue weighted by Crippen LogP contribution is -2.39. The van der Waals surface area contributed by atoms with Crippen LogP contribution in [0.25, 0.3) is 0 Å². The quantitative estimate of drug-likeness (QED) is 0.692. The molecule has 19 heavy (non-hydrogen) atoms. The standard InChI is InChI=1S/C11H15N3O5/c1-7(11(17)18)12-10(16)8-3-4-9(15)14(13-8)5-6-19-2/h3-4,7H,5-6H2,1-2H3,(H,12,16)(H,17,18)/t7-/m1/s1. The zero-order valence-corrected chi connectivity index (χ0v) is 10.6. The second-order valence-electron chi connectivity index (χ2n) is 3.81. The minimum Gasteiger partial charge on any atom is -0.480 e. The highest BCUT2D eigenvalue weighted by Gasteiger charge is 2.16. The Morgan fingerprint density at radius 1 is 1.53 bits per heavy atom. The van der Waals surface area contributed by atoms with Crippen molar-refractivity contribution in [1.29, 1.82) is 0 Å². The molecule has 1 atom stereocenters. The summed E-state index contributed by atoms with van der Waals surface area (Å²) in [6.45, 7) is 1.83. The number of hydrogen-bond acceptors (Lipinski definition) is 5. The number of hydrogen-bond donors (Lipinski definition) is 2. The lowest BCUT2D eigenvalue weighted by molar-refractivity contribution is -0.138. The van der Waals surface area contributed by atoms with Crippen LogP contribution in [0.4, 0.5) is 0 Å². The van der Waals surface area contributed by atoms with E-state index in [0.717, 1.165) is 4.68 Å². The fourth-order valence-corrected chi connectivity index (χ4v) is 1.24. The van der Waals surface area contributed by atoms with Crippen molar-refractivity contribution in [1.82, 2.24) is 15.1 Å². The predicted octanol–water partition coefficient (Wildman–Crippen LogP) is -0.907. The number of nitrogens with zero attached hydrogens (tertiary/aromatic N) is 2. The summed E-state index contributed by atoms with van der Waals surface area (Å²) in [5.41, 5.74) is -0.385. The van der Waals surface area contributed by atoms with E-state index in [1.165, 1.54) is 26.2 Å². The number of amides is 1. The summed E-state index contributed by atoms with van der Waals surface area (Å²) in [6, 6.07) is 1.41. The van der Waals surface area contributed by atoms with Crippen LogP contribution in [0.5, 0.6) is 0 Å². The van der Waals surface area contributed by atoms with Gasteiger partial charge in [0, 0.05) is 13.2 Å². The van der Waals surface area contributed by atoms with Gasteiger partial charge >= 0.3 is 5.97 Å². The van der Waals surface area contributed by atoms with Crippen LogP contribution in [0.3, 0.4) is 0 Å². The fraction of sp³-hybridized carbons (Fsp3) is 0.455. The molecule has 1 rings (SSSR count). The second-order valence-corrected chi connectivity index (χ2v) is 3.81. The van der Waals surface area contributed by atoms with Crippen LogP contribution in [0, 0.1) is 0 Å². The summed E-state index contributed by atoms with van der Waals surface area (Å²) in [5, 5.41) is 14.8. The van der Waals surface area contributed by atoms with Gasteiger partial charge in [0.2, 0.25) is 0 Å². The molecule has 8 nitrogen and oxygen atoms in total. The van der Waals surface area contributed by atoms with Crippen LogP contribution < -0.4 is 10.9 Å². The van der Waals surface area contributed by atoms with Gasteiger partial charge in [-0.05, 0) is 13.0 Å². The van der Waals surface area contributed by atoms with E-state index < -0.39 is 17.9 Å². The predicted molar refractivity (Wildman–Crippen MR) is 64.9 cm³/mol. The van der Waals surface area contributed by atoms with E-state index in [1.54, 1.807) is 0 Å². The SMILES string of the molecule is COCCn1nc(C(=O)N[C@H](C)C(=O)O)ccc1=O. The molecule has 0 aliphatic heterocycles. The third kappa shape index (κ3) is 4.18. The average molecular weight is 269 g/mol. The van der Waals surface area contributed by atoms with Gasteiger partial charge in [0.05, 0.1) is 13.2 Å².